The van der Waals surface area contributed by atoms with Crippen molar-refractivity contribution in [3.8, 4) is 0 Å². The average molecular weight is 383 g/mol. The normalized spacial score (nSPS) is 14.5. The van der Waals surface area contributed by atoms with Gasteiger partial charge in [-0.25, -0.2) is 4.39 Å². The summed E-state index contributed by atoms with van der Waals surface area (Å²) < 4.78 is 12.9. The molecule has 1 aliphatic rings. The second-order valence-corrected chi connectivity index (χ2v) is 6.69. The largest absolute Gasteiger partial charge is 0.341 e. The van der Waals surface area contributed by atoms with E-state index in [2.05, 4.69) is 4.98 Å². The molecule has 0 saturated carbocycles. The summed E-state index contributed by atoms with van der Waals surface area (Å²) in [7, 11) is 0. The van der Waals surface area contributed by atoms with Crippen molar-refractivity contribution in [1.82, 2.24) is 14.8 Å². The Balaban J connectivity index is 1.50. The molecule has 2 amide bonds. The highest BCUT2D eigenvalue weighted by molar-refractivity contribution is 5.98. The maximum atomic E-state index is 12.9. The second kappa shape index (κ2) is 9.21. The van der Waals surface area contributed by atoms with Crippen LogP contribution in [-0.4, -0.2) is 58.6 Å². The molecule has 3 rings (SSSR count). The van der Waals surface area contributed by atoms with E-state index in [1.165, 1.54) is 24.3 Å². The van der Waals surface area contributed by atoms with Crippen LogP contribution in [0.15, 0.2) is 48.8 Å². The first-order chi connectivity index (χ1) is 13.5. The van der Waals surface area contributed by atoms with E-state index in [1.807, 2.05) is 0 Å². The number of pyridine rings is 1. The summed E-state index contributed by atoms with van der Waals surface area (Å²) in [6.07, 6.45) is 4.04. The molecule has 6 nitrogen and oxygen atoms in total. The molecule has 0 spiro atoms. The van der Waals surface area contributed by atoms with Gasteiger partial charge in [0.2, 0.25) is 5.91 Å². The van der Waals surface area contributed by atoms with Crippen molar-refractivity contribution in [3.05, 3.63) is 65.7 Å². The van der Waals surface area contributed by atoms with Gasteiger partial charge in [0.05, 0.1) is 0 Å². The molecule has 0 unspecified atom stereocenters. The van der Waals surface area contributed by atoms with Gasteiger partial charge in [0, 0.05) is 62.5 Å². The van der Waals surface area contributed by atoms with Gasteiger partial charge in [0.15, 0.2) is 5.78 Å². The molecule has 0 N–H and O–H groups in total. The Morgan fingerprint density at radius 2 is 1.46 bits per heavy atom. The number of hydrogen-bond acceptors (Lipinski definition) is 4. The number of hydrogen-bond donors (Lipinski definition) is 0. The van der Waals surface area contributed by atoms with Gasteiger partial charge >= 0.3 is 0 Å². The van der Waals surface area contributed by atoms with Crippen LogP contribution < -0.4 is 0 Å². The Bertz CT molecular complexity index is 840. The van der Waals surface area contributed by atoms with Gasteiger partial charge in [-0.15, -0.1) is 0 Å². The molecule has 28 heavy (non-hydrogen) atoms. The van der Waals surface area contributed by atoms with Crippen LogP contribution in [0.2, 0.25) is 0 Å². The Kier molecular flexibility index (Phi) is 6.47. The molecule has 7 heteroatoms. The molecule has 2 heterocycles. The van der Waals surface area contributed by atoms with Gasteiger partial charge in [0.25, 0.3) is 5.91 Å². The maximum Gasteiger partial charge on any atom is 0.254 e. The second-order valence-electron chi connectivity index (χ2n) is 6.69. The van der Waals surface area contributed by atoms with Gasteiger partial charge in [-0.1, -0.05) is 0 Å². The van der Waals surface area contributed by atoms with E-state index in [-0.39, 0.29) is 30.4 Å². The third-order valence-electron chi connectivity index (χ3n) is 4.80. The number of nitrogens with zero attached hydrogens (tertiary/aromatic N) is 3. The minimum absolute atomic E-state index is 0.0665. The number of ketones is 1. The quantitative estimate of drug-likeness (QED) is 0.744. The van der Waals surface area contributed by atoms with E-state index in [1.54, 1.807) is 34.3 Å². The van der Waals surface area contributed by atoms with Crippen LogP contribution in [0.3, 0.4) is 0 Å². The molecule has 1 fully saturated rings. The fourth-order valence-corrected chi connectivity index (χ4v) is 3.21. The molecular formula is C21H22FN3O3. The van der Waals surface area contributed by atoms with Gasteiger partial charge in [0.1, 0.15) is 5.82 Å². The Labute approximate surface area is 163 Å². The molecule has 1 aromatic heterocycles. The van der Waals surface area contributed by atoms with E-state index < -0.39 is 5.82 Å². The lowest BCUT2D eigenvalue weighted by atomic mass is 10.1. The van der Waals surface area contributed by atoms with Crippen molar-refractivity contribution in [1.29, 1.82) is 0 Å². The van der Waals surface area contributed by atoms with Crippen LogP contribution in [0, 0.1) is 5.82 Å². The van der Waals surface area contributed by atoms with E-state index in [0.717, 1.165) is 0 Å². The first-order valence-corrected chi connectivity index (χ1v) is 9.30. The first kappa shape index (κ1) is 19.7. The molecule has 0 bridgehead atoms. The summed E-state index contributed by atoms with van der Waals surface area (Å²) in [5.41, 5.74) is 0.985. The molecule has 2 aromatic rings. The number of carbonyl (C=O) groups is 3. The highest BCUT2D eigenvalue weighted by Crippen LogP contribution is 2.12. The summed E-state index contributed by atoms with van der Waals surface area (Å²) in [6, 6.07) is 8.68. The van der Waals surface area contributed by atoms with Crippen LogP contribution >= 0.6 is 0 Å². The molecule has 1 aliphatic heterocycles. The number of aromatic nitrogens is 1. The topological polar surface area (TPSA) is 70.6 Å². The lowest BCUT2D eigenvalue weighted by Gasteiger charge is -2.22. The lowest BCUT2D eigenvalue weighted by Crippen LogP contribution is -2.37. The standard InChI is InChI=1S/C21H22FN3O3/c22-18-4-2-16(3-5-18)19(26)6-7-20(27)24-12-1-13-25(15-14-24)21(28)17-8-10-23-11-9-17/h2-5,8-11H,1,6-7,12-15H2. The van der Waals surface area contributed by atoms with Gasteiger partial charge in [-0.2, -0.15) is 0 Å². The van der Waals surface area contributed by atoms with Crippen molar-refractivity contribution in [2.24, 2.45) is 0 Å². The van der Waals surface area contributed by atoms with E-state index in [0.29, 0.717) is 43.7 Å². The smallest absolute Gasteiger partial charge is 0.254 e. The number of halogens is 1. The molecular weight excluding hydrogens is 361 g/mol. The Morgan fingerprint density at radius 3 is 2.18 bits per heavy atom. The highest BCUT2D eigenvalue weighted by atomic mass is 19.1. The molecule has 146 valence electrons. The number of carbonyl (C=O) groups excluding carboxylic acids is 3. The predicted octanol–water partition coefficient (Wildman–Crippen LogP) is 2.56. The monoisotopic (exact) mass is 383 g/mol. The Morgan fingerprint density at radius 1 is 0.821 bits per heavy atom. The van der Waals surface area contributed by atoms with Crippen molar-refractivity contribution in [2.45, 2.75) is 19.3 Å². The first-order valence-electron chi connectivity index (χ1n) is 9.30. The summed E-state index contributed by atoms with van der Waals surface area (Å²) in [5.74, 6) is -0.752. The maximum absolute atomic E-state index is 12.9. The minimum Gasteiger partial charge on any atom is -0.341 e. The van der Waals surface area contributed by atoms with Crippen LogP contribution in [0.4, 0.5) is 4.39 Å². The average Bonchev–Trinajstić information content (AvgIpc) is 2.99. The fraction of sp³-hybridized carbons (Fsp3) is 0.333. The van der Waals surface area contributed by atoms with Crippen LogP contribution in [-0.2, 0) is 4.79 Å². The van der Waals surface area contributed by atoms with Crippen LogP contribution in [0.5, 0.6) is 0 Å². The third-order valence-corrected chi connectivity index (χ3v) is 4.80. The summed E-state index contributed by atoms with van der Waals surface area (Å²) in [4.78, 5) is 44.6. The molecule has 1 aromatic carbocycles. The van der Waals surface area contributed by atoms with E-state index >= 15 is 0 Å². The lowest BCUT2D eigenvalue weighted by molar-refractivity contribution is -0.131. The number of Topliss-reactive ketones (excluding diaryl/α,β-unsaturated/α-hetero) is 1. The zero-order chi connectivity index (χ0) is 19.9. The van der Waals surface area contributed by atoms with Gasteiger partial charge in [-0.05, 0) is 42.8 Å². The zero-order valence-electron chi connectivity index (χ0n) is 15.5. The van der Waals surface area contributed by atoms with Gasteiger partial charge in [-0.3, -0.25) is 19.4 Å². The summed E-state index contributed by atoms with van der Waals surface area (Å²) in [6.45, 7) is 2.04. The van der Waals surface area contributed by atoms with Crippen molar-refractivity contribution in [2.75, 3.05) is 26.2 Å². The number of amides is 2. The van der Waals surface area contributed by atoms with E-state index in [4.69, 9.17) is 0 Å². The van der Waals surface area contributed by atoms with Crippen LogP contribution in [0.1, 0.15) is 40.0 Å². The van der Waals surface area contributed by atoms with Crippen LogP contribution in [0.25, 0.3) is 0 Å². The van der Waals surface area contributed by atoms with E-state index in [9.17, 15) is 18.8 Å². The third kappa shape index (κ3) is 5.00. The predicted molar refractivity (Wildman–Crippen MR) is 101 cm³/mol. The van der Waals surface area contributed by atoms with Crippen molar-refractivity contribution < 1.29 is 18.8 Å². The molecule has 0 aliphatic carbocycles. The molecule has 0 atom stereocenters. The zero-order valence-corrected chi connectivity index (χ0v) is 15.5. The number of benzene rings is 1. The number of rotatable bonds is 5. The highest BCUT2D eigenvalue weighted by Gasteiger charge is 2.23. The fourth-order valence-electron chi connectivity index (χ4n) is 3.21. The minimum atomic E-state index is -0.400. The van der Waals surface area contributed by atoms with Gasteiger partial charge < -0.3 is 9.80 Å². The molecule has 1 saturated heterocycles. The van der Waals surface area contributed by atoms with Crippen molar-refractivity contribution >= 4 is 17.6 Å². The summed E-state index contributed by atoms with van der Waals surface area (Å²) in [5, 5.41) is 0. The SMILES string of the molecule is O=C(CCC(=O)N1CCCN(C(=O)c2ccncc2)CC1)c1ccc(F)cc1. The summed E-state index contributed by atoms with van der Waals surface area (Å²) >= 11 is 0. The molecule has 0 radical (unpaired) electrons. The Hall–Kier alpha value is -3.09. The van der Waals surface area contributed by atoms with Crippen molar-refractivity contribution in [3.63, 3.8) is 0 Å².